The summed E-state index contributed by atoms with van der Waals surface area (Å²) in [5, 5.41) is 15.2. The number of fused-ring (bicyclic) bond motifs is 4. The maximum absolute atomic E-state index is 12.9. The molecule has 7 aromatic rings. The van der Waals surface area contributed by atoms with Crippen LogP contribution in [0.5, 0.6) is 0 Å². The number of halogens is 1. The number of anilines is 3. The summed E-state index contributed by atoms with van der Waals surface area (Å²) in [6.45, 7) is 0. The summed E-state index contributed by atoms with van der Waals surface area (Å²) in [6, 6.07) is 56.7. The molecule has 8 rings (SSSR count). The van der Waals surface area contributed by atoms with Gasteiger partial charge in [-0.3, -0.25) is 0 Å². The van der Waals surface area contributed by atoms with E-state index >= 15 is 0 Å². The van der Waals surface area contributed by atoms with Crippen LogP contribution in [0.3, 0.4) is 0 Å². The topological polar surface area (TPSA) is 23.5 Å². The first-order chi connectivity index (χ1) is 21.6. The van der Waals surface area contributed by atoms with Crippen molar-refractivity contribution in [3.63, 3.8) is 0 Å². The summed E-state index contributed by atoms with van der Waals surface area (Å²) in [5.41, 5.74) is 8.84. The number of hydrogen-bond acceptors (Lipinski definition) is 2. The third-order valence-electron chi connectivity index (χ3n) is 8.76. The van der Waals surface area contributed by atoms with Crippen molar-refractivity contribution in [3.8, 4) is 22.3 Å². The van der Waals surface area contributed by atoms with Gasteiger partial charge in [0.1, 0.15) is 5.60 Å². The maximum atomic E-state index is 12.9. The molecule has 1 N–H and O–H groups in total. The predicted molar refractivity (Wildman–Crippen MR) is 186 cm³/mol. The van der Waals surface area contributed by atoms with Crippen molar-refractivity contribution >= 4 is 43.8 Å². The number of hydrogen-bond donors (Lipinski definition) is 1. The molecule has 0 spiro atoms. The van der Waals surface area contributed by atoms with Crippen LogP contribution >= 0.6 is 15.9 Å². The molecule has 0 saturated carbocycles. The predicted octanol–water partition coefficient (Wildman–Crippen LogP) is 11.0. The number of rotatable bonds is 5. The Morgan fingerprint density at radius 1 is 0.432 bits per heavy atom. The third kappa shape index (κ3) is 4.12. The van der Waals surface area contributed by atoms with Gasteiger partial charge in [0.05, 0.1) is 5.69 Å². The van der Waals surface area contributed by atoms with Crippen molar-refractivity contribution in [2.24, 2.45) is 0 Å². The van der Waals surface area contributed by atoms with Gasteiger partial charge in [-0.15, -0.1) is 0 Å². The average molecular weight is 631 g/mol. The zero-order valence-corrected chi connectivity index (χ0v) is 25.4. The van der Waals surface area contributed by atoms with Gasteiger partial charge in [0, 0.05) is 37.9 Å². The van der Waals surface area contributed by atoms with Crippen molar-refractivity contribution in [2.45, 2.75) is 5.60 Å². The fourth-order valence-corrected chi connectivity index (χ4v) is 7.21. The smallest absolute Gasteiger partial charge is 0.142 e. The third-order valence-corrected chi connectivity index (χ3v) is 9.25. The van der Waals surface area contributed by atoms with E-state index in [9.17, 15) is 5.11 Å². The van der Waals surface area contributed by atoms with Crippen molar-refractivity contribution in [1.82, 2.24) is 0 Å². The Kier molecular flexibility index (Phi) is 6.44. The van der Waals surface area contributed by atoms with Crippen LogP contribution in [0.25, 0.3) is 33.0 Å². The molecule has 1 aliphatic rings. The molecule has 44 heavy (non-hydrogen) atoms. The summed E-state index contributed by atoms with van der Waals surface area (Å²) in [6.07, 6.45) is 0. The van der Waals surface area contributed by atoms with Gasteiger partial charge in [-0.2, -0.15) is 0 Å². The van der Waals surface area contributed by atoms with Crippen LogP contribution < -0.4 is 4.90 Å². The lowest BCUT2D eigenvalue weighted by Crippen LogP contribution is -2.27. The van der Waals surface area contributed by atoms with Gasteiger partial charge >= 0.3 is 0 Å². The average Bonchev–Trinajstić information content (AvgIpc) is 3.34. The molecule has 2 nitrogen and oxygen atoms in total. The van der Waals surface area contributed by atoms with Crippen LogP contribution in [0.15, 0.2) is 168 Å². The Hall–Kier alpha value is -4.96. The molecule has 1 atom stereocenters. The van der Waals surface area contributed by atoms with Crippen LogP contribution in [0.4, 0.5) is 17.1 Å². The van der Waals surface area contributed by atoms with Gasteiger partial charge in [-0.1, -0.05) is 137 Å². The molecule has 1 unspecified atom stereocenters. The Labute approximate surface area is 265 Å². The Morgan fingerprint density at radius 2 is 0.909 bits per heavy atom. The first-order valence-electron chi connectivity index (χ1n) is 14.8. The van der Waals surface area contributed by atoms with Crippen molar-refractivity contribution < 1.29 is 5.11 Å². The van der Waals surface area contributed by atoms with Gasteiger partial charge in [0.25, 0.3) is 0 Å². The lowest BCUT2D eigenvalue weighted by molar-refractivity contribution is 0.131. The lowest BCUT2D eigenvalue weighted by atomic mass is 9.79. The van der Waals surface area contributed by atoms with Crippen LogP contribution in [-0.2, 0) is 5.60 Å². The fraction of sp³-hybridized carbons (Fsp3) is 0.0244. The molecule has 0 amide bonds. The summed E-state index contributed by atoms with van der Waals surface area (Å²) in [5.74, 6) is 0. The van der Waals surface area contributed by atoms with E-state index in [1.165, 1.54) is 0 Å². The SMILES string of the molecule is OC1(c2ccccc2-c2ccc(N(c3ccccc3)c3ccccc3)c3ccccc23)c2ccccc2-c2ccc(Br)cc21. The molecule has 0 radical (unpaired) electrons. The Morgan fingerprint density at radius 3 is 1.55 bits per heavy atom. The quantitative estimate of drug-likeness (QED) is 0.205. The van der Waals surface area contributed by atoms with Crippen LogP contribution in [0.1, 0.15) is 16.7 Å². The van der Waals surface area contributed by atoms with Crippen LogP contribution in [-0.4, -0.2) is 5.11 Å². The molecule has 0 aliphatic heterocycles. The fourth-order valence-electron chi connectivity index (χ4n) is 6.85. The largest absolute Gasteiger partial charge is 0.376 e. The number of nitrogens with zero attached hydrogens (tertiary/aromatic N) is 1. The second-order valence-corrected chi connectivity index (χ2v) is 12.1. The molecule has 1 aliphatic carbocycles. The van der Waals surface area contributed by atoms with E-state index in [1.54, 1.807) is 0 Å². The first kappa shape index (κ1) is 26.7. The van der Waals surface area contributed by atoms with Gasteiger partial charge in [-0.25, -0.2) is 0 Å². The molecule has 210 valence electrons. The van der Waals surface area contributed by atoms with Crippen molar-refractivity contribution in [3.05, 3.63) is 185 Å². The first-order valence-corrected chi connectivity index (χ1v) is 15.6. The highest BCUT2D eigenvalue weighted by Crippen LogP contribution is 2.54. The van der Waals surface area contributed by atoms with Crippen molar-refractivity contribution in [2.75, 3.05) is 4.90 Å². The van der Waals surface area contributed by atoms with Gasteiger partial charge < -0.3 is 10.0 Å². The zero-order chi connectivity index (χ0) is 29.7. The van der Waals surface area contributed by atoms with E-state index in [1.807, 2.05) is 36.4 Å². The summed E-state index contributed by atoms with van der Waals surface area (Å²) >= 11 is 3.67. The van der Waals surface area contributed by atoms with Crippen molar-refractivity contribution in [1.29, 1.82) is 0 Å². The molecule has 0 fully saturated rings. The molecule has 0 aromatic heterocycles. The van der Waals surface area contributed by atoms with E-state index in [-0.39, 0.29) is 0 Å². The second kappa shape index (κ2) is 10.6. The van der Waals surface area contributed by atoms with Crippen LogP contribution in [0, 0.1) is 0 Å². The summed E-state index contributed by atoms with van der Waals surface area (Å²) in [4.78, 5) is 2.31. The minimum atomic E-state index is -1.31. The second-order valence-electron chi connectivity index (χ2n) is 11.2. The minimum Gasteiger partial charge on any atom is -0.376 e. The van der Waals surface area contributed by atoms with Gasteiger partial charge in [0.2, 0.25) is 0 Å². The van der Waals surface area contributed by atoms with E-state index in [2.05, 4.69) is 148 Å². The maximum Gasteiger partial charge on any atom is 0.142 e. The monoisotopic (exact) mass is 629 g/mol. The number of aliphatic hydroxyl groups is 1. The lowest BCUT2D eigenvalue weighted by Gasteiger charge is -2.30. The zero-order valence-electron chi connectivity index (χ0n) is 23.9. The molecule has 7 aromatic carbocycles. The summed E-state index contributed by atoms with van der Waals surface area (Å²) in [7, 11) is 0. The van der Waals surface area contributed by atoms with E-state index in [0.29, 0.717) is 0 Å². The standard InChI is InChI=1S/C41H28BrNO/c42-28-23-24-35-34-19-10-12-22-38(34)41(44,39(35)27-28)37-21-11-9-18-33(37)32-25-26-40(36-20-8-7-17-31(32)36)43(29-13-3-1-4-14-29)30-15-5-2-6-16-30/h1-27,44H. The van der Waals surface area contributed by atoms with E-state index in [4.69, 9.17) is 0 Å². The van der Waals surface area contributed by atoms with Gasteiger partial charge in [-0.05, 0) is 70.1 Å². The minimum absolute atomic E-state index is 0.866. The number of benzene rings is 7. The number of para-hydroxylation sites is 2. The normalized spacial score (nSPS) is 15.1. The Balaban J connectivity index is 1.37. The highest BCUT2D eigenvalue weighted by atomic mass is 79.9. The molecule has 0 heterocycles. The molecule has 0 bridgehead atoms. The Bertz CT molecular complexity index is 2120. The van der Waals surface area contributed by atoms with Crippen LogP contribution in [0.2, 0.25) is 0 Å². The van der Waals surface area contributed by atoms with Gasteiger partial charge in [0.15, 0.2) is 0 Å². The molecule has 0 saturated heterocycles. The summed E-state index contributed by atoms with van der Waals surface area (Å²) < 4.78 is 0.941. The molecular weight excluding hydrogens is 602 g/mol. The molecular formula is C41H28BrNO. The van der Waals surface area contributed by atoms with E-state index < -0.39 is 5.60 Å². The van der Waals surface area contributed by atoms with E-state index in [0.717, 1.165) is 71.3 Å². The highest BCUT2D eigenvalue weighted by Gasteiger charge is 2.44. The highest BCUT2D eigenvalue weighted by molar-refractivity contribution is 9.10. The molecule has 3 heteroatoms.